The first kappa shape index (κ1) is 33.3. The Morgan fingerprint density at radius 1 is 0.977 bits per heavy atom. The second-order valence-corrected chi connectivity index (χ2v) is 19.6. The Hall–Kier alpha value is -2.03. The van der Waals surface area contributed by atoms with Crippen molar-refractivity contribution in [3.8, 4) is 0 Å². The summed E-state index contributed by atoms with van der Waals surface area (Å²) >= 11 is 10.7. The average Bonchev–Trinajstić information content (AvgIpc) is 2.96. The summed E-state index contributed by atoms with van der Waals surface area (Å²) in [4.78, 5) is 15.6. The Morgan fingerprint density at radius 2 is 1.70 bits per heavy atom. The van der Waals surface area contributed by atoms with Crippen molar-refractivity contribution in [3.05, 3.63) is 98.5 Å². The Bertz CT molecular complexity index is 1590. The summed E-state index contributed by atoms with van der Waals surface area (Å²) in [5.41, 5.74) is 2.96. The molecule has 5 rings (SSSR count). The van der Waals surface area contributed by atoms with E-state index in [-0.39, 0.29) is 28.4 Å². The fourth-order valence-electron chi connectivity index (χ4n) is 5.97. The van der Waals surface area contributed by atoms with E-state index in [4.69, 9.17) is 23.2 Å². The van der Waals surface area contributed by atoms with Gasteiger partial charge in [-0.2, -0.15) is 0 Å². The van der Waals surface area contributed by atoms with Crippen LogP contribution in [0.1, 0.15) is 77.1 Å². The van der Waals surface area contributed by atoms with Crippen LogP contribution in [0.15, 0.2) is 65.6 Å². The van der Waals surface area contributed by atoms with E-state index >= 15 is 0 Å². The SMILES string of the molecule is O=C(CC([As]S(=O)(=O)c1cccc(C(F)(F)F)c1)c1cc(Cl)cc(Cl)c1)NC1CCCc2cc(CN3CCCCC3)ccc21. The number of carbonyl (C=O) groups excluding carboxylic acids is 1. The van der Waals surface area contributed by atoms with Gasteiger partial charge in [-0.1, -0.05) is 6.42 Å². The first-order valence-corrected chi connectivity index (χ1v) is 20.2. The number of fused-ring (bicyclic) bond motifs is 1. The number of halogens is 5. The molecule has 3 aromatic rings. The number of piperidine rings is 1. The summed E-state index contributed by atoms with van der Waals surface area (Å²) in [6, 6.07) is 14.6. The molecule has 0 saturated carbocycles. The summed E-state index contributed by atoms with van der Waals surface area (Å²) in [6.07, 6.45) is 1.48. The normalized spacial score (nSPS) is 18.7. The van der Waals surface area contributed by atoms with Crippen molar-refractivity contribution in [3.63, 3.8) is 0 Å². The molecule has 44 heavy (non-hydrogen) atoms. The zero-order valence-electron chi connectivity index (χ0n) is 23.9. The number of rotatable bonds is 9. The van der Waals surface area contributed by atoms with Gasteiger partial charge < -0.3 is 0 Å². The number of aryl methyl sites for hydroxylation is 1. The molecule has 2 atom stereocenters. The summed E-state index contributed by atoms with van der Waals surface area (Å²) in [7, 11) is -4.14. The molecule has 1 N–H and O–H groups in total. The van der Waals surface area contributed by atoms with Gasteiger partial charge in [-0.25, -0.2) is 0 Å². The number of benzene rings is 3. The second kappa shape index (κ2) is 14.2. The molecular weight excluding hydrogens is 695 g/mol. The summed E-state index contributed by atoms with van der Waals surface area (Å²) < 4.78 is 66.1. The molecule has 3 aromatic carbocycles. The van der Waals surface area contributed by atoms with Crippen LogP contribution in [0.5, 0.6) is 0 Å². The van der Waals surface area contributed by atoms with Crippen LogP contribution in [0.3, 0.4) is 0 Å². The molecule has 0 spiro atoms. The number of amides is 1. The van der Waals surface area contributed by atoms with Crippen LogP contribution in [-0.4, -0.2) is 46.9 Å². The molecule has 1 radical (unpaired) electrons. The van der Waals surface area contributed by atoms with Crippen molar-refractivity contribution in [2.24, 2.45) is 0 Å². The molecule has 2 aliphatic rings. The minimum absolute atomic E-state index is 0.173. The van der Waals surface area contributed by atoms with Crippen molar-refractivity contribution in [1.82, 2.24) is 10.2 Å². The monoisotopic (exact) mass is 727 g/mol. The number of nitrogens with zero attached hydrogens (tertiary/aromatic N) is 1. The topological polar surface area (TPSA) is 66.5 Å². The van der Waals surface area contributed by atoms with Gasteiger partial charge in [0, 0.05) is 0 Å². The van der Waals surface area contributed by atoms with Crippen molar-refractivity contribution in [1.29, 1.82) is 0 Å². The van der Waals surface area contributed by atoms with Gasteiger partial charge in [0.25, 0.3) is 0 Å². The summed E-state index contributed by atoms with van der Waals surface area (Å²) in [5.74, 6) is -0.337. The Morgan fingerprint density at radius 3 is 2.41 bits per heavy atom. The zero-order valence-corrected chi connectivity index (χ0v) is 28.1. The predicted octanol–water partition coefficient (Wildman–Crippen LogP) is 7.72. The molecular formula is C32H33AsCl2F3N2O3S. The number of alkyl halides is 3. The molecule has 1 saturated heterocycles. The van der Waals surface area contributed by atoms with Gasteiger partial charge in [-0.15, -0.1) is 0 Å². The molecule has 1 heterocycles. The maximum atomic E-state index is 13.5. The van der Waals surface area contributed by atoms with Gasteiger partial charge in [-0.3, -0.25) is 0 Å². The van der Waals surface area contributed by atoms with E-state index in [1.54, 1.807) is 12.1 Å². The molecule has 0 bridgehead atoms. The van der Waals surface area contributed by atoms with Crippen molar-refractivity contribution >= 4 is 51.8 Å². The molecule has 1 aliphatic heterocycles. The van der Waals surface area contributed by atoms with Gasteiger partial charge in [0.2, 0.25) is 0 Å². The molecule has 1 aliphatic carbocycles. The predicted molar refractivity (Wildman–Crippen MR) is 168 cm³/mol. The van der Waals surface area contributed by atoms with Crippen molar-refractivity contribution in [2.45, 2.75) is 73.3 Å². The van der Waals surface area contributed by atoms with Crippen molar-refractivity contribution in [2.75, 3.05) is 13.1 Å². The number of nitrogens with one attached hydrogen (secondary N) is 1. The van der Waals surface area contributed by atoms with E-state index < -0.39 is 44.0 Å². The van der Waals surface area contributed by atoms with Crippen LogP contribution in [0.25, 0.3) is 0 Å². The number of hydrogen-bond acceptors (Lipinski definition) is 4. The quantitative estimate of drug-likeness (QED) is 0.230. The van der Waals surface area contributed by atoms with E-state index in [0.717, 1.165) is 62.7 Å². The number of likely N-dealkylation sites (tertiary alicyclic amines) is 1. The van der Waals surface area contributed by atoms with E-state index in [0.29, 0.717) is 11.6 Å². The Labute approximate surface area is 272 Å². The average molecular weight is 729 g/mol. The third kappa shape index (κ3) is 8.61. The van der Waals surface area contributed by atoms with E-state index in [1.807, 2.05) is 0 Å². The number of carbonyl (C=O) groups is 1. The van der Waals surface area contributed by atoms with Gasteiger partial charge in [0.1, 0.15) is 0 Å². The van der Waals surface area contributed by atoms with Crippen LogP contribution >= 0.6 is 23.2 Å². The zero-order chi connectivity index (χ0) is 31.5. The fourth-order valence-corrected chi connectivity index (χ4v) is 13.2. The van der Waals surface area contributed by atoms with E-state index in [1.165, 1.54) is 36.5 Å². The van der Waals surface area contributed by atoms with Crippen LogP contribution in [-0.2, 0) is 32.0 Å². The molecule has 12 heteroatoms. The molecule has 235 valence electrons. The van der Waals surface area contributed by atoms with Crippen LogP contribution in [0.4, 0.5) is 13.2 Å². The fraction of sp³-hybridized carbons (Fsp3) is 0.406. The molecule has 2 unspecified atom stereocenters. The van der Waals surface area contributed by atoms with Gasteiger partial charge in [0.15, 0.2) is 0 Å². The first-order valence-electron chi connectivity index (χ1n) is 14.6. The minimum atomic E-state index is -4.69. The van der Waals surface area contributed by atoms with Crippen LogP contribution in [0, 0.1) is 0 Å². The third-order valence-electron chi connectivity index (χ3n) is 8.09. The second-order valence-electron chi connectivity index (χ2n) is 11.4. The molecule has 5 nitrogen and oxygen atoms in total. The Kier molecular flexibility index (Phi) is 10.7. The van der Waals surface area contributed by atoms with Crippen LogP contribution < -0.4 is 5.32 Å². The van der Waals surface area contributed by atoms with E-state index in [2.05, 4.69) is 28.4 Å². The standard InChI is InChI=1S/C32H33AsCl2F3N2O3S/c34-25-15-23(16-26(35)18-25)29(33-44(42,43)27-8-5-7-24(17-27)32(36,37)38)19-31(41)39-30-9-4-6-22-14-21(10-11-28(22)30)20-40-12-2-1-3-13-40/h5,7-8,10-11,14-18,29-30H,1-4,6,9,12-13,19-20H2,(H,39,41). The summed E-state index contributed by atoms with van der Waals surface area (Å²) in [5, 5.41) is 3.67. The van der Waals surface area contributed by atoms with Crippen molar-refractivity contribution < 1.29 is 26.4 Å². The molecule has 1 fully saturated rings. The first-order chi connectivity index (χ1) is 20.9. The van der Waals surface area contributed by atoms with Crippen LogP contribution in [0.2, 0.25) is 10.0 Å². The molecule has 0 aromatic heterocycles. The summed E-state index contributed by atoms with van der Waals surface area (Å²) in [6.45, 7) is 3.14. The third-order valence-corrected chi connectivity index (χ3v) is 15.6. The van der Waals surface area contributed by atoms with E-state index in [9.17, 15) is 26.4 Å². The Balaban J connectivity index is 1.34. The van der Waals surface area contributed by atoms with Gasteiger partial charge >= 0.3 is 254 Å². The molecule has 1 amide bonds. The van der Waals surface area contributed by atoms with Gasteiger partial charge in [-0.05, 0) is 12.8 Å². The maximum absolute atomic E-state index is 13.5. The number of hydrogen-bond donors (Lipinski definition) is 1. The van der Waals surface area contributed by atoms with Gasteiger partial charge in [0.05, 0.1) is 0 Å².